The molecule has 3 nitrogen and oxygen atoms in total. The van der Waals surface area contributed by atoms with E-state index in [4.69, 9.17) is 9.47 Å². The summed E-state index contributed by atoms with van der Waals surface area (Å²) in [7, 11) is 0. The molecule has 2 unspecified atom stereocenters. The lowest BCUT2D eigenvalue weighted by atomic mass is 9.94. The predicted molar refractivity (Wildman–Crippen MR) is 72.4 cm³/mol. The van der Waals surface area contributed by atoms with E-state index >= 15 is 0 Å². The molecule has 0 aliphatic heterocycles. The third kappa shape index (κ3) is 5.67. The van der Waals surface area contributed by atoms with Gasteiger partial charge in [0, 0.05) is 12.7 Å². The van der Waals surface area contributed by atoms with Gasteiger partial charge in [-0.1, -0.05) is 39.2 Å². The summed E-state index contributed by atoms with van der Waals surface area (Å²) < 4.78 is 11.2. The highest BCUT2D eigenvalue weighted by Crippen LogP contribution is 2.24. The molecule has 1 saturated carbocycles. The Hall–Kier alpha value is -0.830. The van der Waals surface area contributed by atoms with Crippen molar-refractivity contribution < 1.29 is 14.3 Å². The summed E-state index contributed by atoms with van der Waals surface area (Å²) in [6, 6.07) is 0. The molecular formula is C15H26O3. The topological polar surface area (TPSA) is 35.5 Å². The first-order valence-corrected chi connectivity index (χ1v) is 7.22. The highest BCUT2D eigenvalue weighted by atomic mass is 16.6. The van der Waals surface area contributed by atoms with E-state index in [0.29, 0.717) is 0 Å². The molecule has 1 fully saturated rings. The molecule has 0 aromatic heterocycles. The molecule has 1 rings (SSSR count). The first-order chi connectivity index (χ1) is 8.77. The van der Waals surface area contributed by atoms with E-state index in [1.165, 1.54) is 31.8 Å². The number of hydrogen-bond acceptors (Lipinski definition) is 3. The van der Waals surface area contributed by atoms with Crippen molar-refractivity contribution in [1.82, 2.24) is 0 Å². The van der Waals surface area contributed by atoms with Crippen LogP contribution in [0.1, 0.15) is 58.3 Å². The third-order valence-electron chi connectivity index (χ3n) is 3.41. The smallest absolute Gasteiger partial charge is 0.330 e. The predicted octanol–water partition coefficient (Wildman–Crippen LogP) is 3.62. The van der Waals surface area contributed by atoms with Crippen LogP contribution in [0.15, 0.2) is 12.7 Å². The van der Waals surface area contributed by atoms with Crippen molar-refractivity contribution in [2.24, 2.45) is 0 Å². The van der Waals surface area contributed by atoms with Crippen molar-refractivity contribution in [3.8, 4) is 0 Å². The van der Waals surface area contributed by atoms with Gasteiger partial charge < -0.3 is 9.47 Å². The number of esters is 1. The molecule has 0 radical (unpaired) electrons. The minimum Gasteiger partial charge on any atom is -0.456 e. The van der Waals surface area contributed by atoms with Crippen LogP contribution in [-0.2, 0) is 14.3 Å². The van der Waals surface area contributed by atoms with Crippen LogP contribution in [0.2, 0.25) is 0 Å². The Morgan fingerprint density at radius 1 is 1.22 bits per heavy atom. The molecule has 0 spiro atoms. The van der Waals surface area contributed by atoms with E-state index < -0.39 is 0 Å². The van der Waals surface area contributed by atoms with Gasteiger partial charge in [0.15, 0.2) is 0 Å². The zero-order valence-electron chi connectivity index (χ0n) is 11.5. The zero-order chi connectivity index (χ0) is 13.2. The molecule has 104 valence electrons. The van der Waals surface area contributed by atoms with Crippen LogP contribution in [0, 0.1) is 0 Å². The summed E-state index contributed by atoms with van der Waals surface area (Å²) in [5.41, 5.74) is 0. The molecule has 3 heteroatoms. The fourth-order valence-electron chi connectivity index (χ4n) is 2.35. The lowest BCUT2D eigenvalue weighted by molar-refractivity contribution is -0.155. The third-order valence-corrected chi connectivity index (χ3v) is 3.41. The fraction of sp³-hybridized carbons (Fsp3) is 0.800. The Balaban J connectivity index is 2.26. The fourth-order valence-corrected chi connectivity index (χ4v) is 2.35. The molecule has 0 saturated heterocycles. The lowest BCUT2D eigenvalue weighted by Gasteiger charge is -2.30. The van der Waals surface area contributed by atoms with Crippen LogP contribution in [0.25, 0.3) is 0 Å². The summed E-state index contributed by atoms with van der Waals surface area (Å²) in [5, 5.41) is 0. The van der Waals surface area contributed by atoms with Crippen LogP contribution in [-0.4, -0.2) is 24.8 Å². The molecule has 0 N–H and O–H groups in total. The maximum atomic E-state index is 11.2. The van der Waals surface area contributed by atoms with Crippen molar-refractivity contribution in [2.45, 2.75) is 70.5 Å². The van der Waals surface area contributed by atoms with Crippen molar-refractivity contribution in [3.63, 3.8) is 0 Å². The molecule has 0 aromatic rings. The van der Waals surface area contributed by atoms with E-state index in [0.717, 1.165) is 32.3 Å². The van der Waals surface area contributed by atoms with Crippen LogP contribution < -0.4 is 0 Å². The maximum Gasteiger partial charge on any atom is 0.330 e. The van der Waals surface area contributed by atoms with Crippen molar-refractivity contribution in [1.29, 1.82) is 0 Å². The number of ether oxygens (including phenoxy) is 2. The van der Waals surface area contributed by atoms with Gasteiger partial charge in [-0.05, 0) is 25.7 Å². The Morgan fingerprint density at radius 3 is 2.61 bits per heavy atom. The minimum absolute atomic E-state index is 0.0737. The second-order valence-corrected chi connectivity index (χ2v) is 4.93. The van der Waals surface area contributed by atoms with Gasteiger partial charge in [-0.3, -0.25) is 0 Å². The van der Waals surface area contributed by atoms with E-state index in [1.807, 2.05) is 0 Å². The van der Waals surface area contributed by atoms with Crippen LogP contribution in [0.3, 0.4) is 0 Å². The summed E-state index contributed by atoms with van der Waals surface area (Å²) in [5.74, 6) is -0.332. The molecule has 0 heterocycles. The quantitative estimate of drug-likeness (QED) is 0.377. The summed E-state index contributed by atoms with van der Waals surface area (Å²) >= 11 is 0. The van der Waals surface area contributed by atoms with Gasteiger partial charge in [0.1, 0.15) is 6.10 Å². The molecule has 0 bridgehead atoms. The average Bonchev–Trinajstić information content (AvgIpc) is 2.40. The van der Waals surface area contributed by atoms with Crippen molar-refractivity contribution in [3.05, 3.63) is 12.7 Å². The number of rotatable bonds is 8. The monoisotopic (exact) mass is 254 g/mol. The maximum absolute atomic E-state index is 11.2. The van der Waals surface area contributed by atoms with Crippen LogP contribution >= 0.6 is 0 Å². The first kappa shape index (κ1) is 15.2. The molecule has 0 aromatic carbocycles. The van der Waals surface area contributed by atoms with E-state index in [1.54, 1.807) is 0 Å². The van der Waals surface area contributed by atoms with E-state index in [-0.39, 0.29) is 18.2 Å². The molecular weight excluding hydrogens is 228 g/mol. The SMILES string of the molecule is C=CC(=O)OC1CCCCC1OCCCCCC. The van der Waals surface area contributed by atoms with Gasteiger partial charge in [-0.15, -0.1) is 0 Å². The standard InChI is InChI=1S/C15H26O3/c1-3-5-6-9-12-17-13-10-7-8-11-14(13)18-15(16)4-2/h4,13-14H,2-3,5-12H2,1H3. The Labute approximate surface area is 111 Å². The van der Waals surface area contributed by atoms with Gasteiger partial charge in [-0.2, -0.15) is 0 Å². The summed E-state index contributed by atoms with van der Waals surface area (Å²) in [6.45, 7) is 6.42. The molecule has 0 amide bonds. The number of unbranched alkanes of at least 4 members (excludes halogenated alkanes) is 3. The van der Waals surface area contributed by atoms with Gasteiger partial charge in [0.2, 0.25) is 0 Å². The normalized spacial score (nSPS) is 23.6. The van der Waals surface area contributed by atoms with E-state index in [2.05, 4.69) is 13.5 Å². The van der Waals surface area contributed by atoms with Gasteiger partial charge >= 0.3 is 5.97 Å². The largest absolute Gasteiger partial charge is 0.456 e. The minimum atomic E-state index is -0.332. The van der Waals surface area contributed by atoms with Crippen LogP contribution in [0.4, 0.5) is 0 Å². The molecule has 18 heavy (non-hydrogen) atoms. The molecule has 1 aliphatic rings. The Morgan fingerprint density at radius 2 is 1.94 bits per heavy atom. The first-order valence-electron chi connectivity index (χ1n) is 7.22. The number of carbonyl (C=O) groups is 1. The van der Waals surface area contributed by atoms with Gasteiger partial charge in [-0.25, -0.2) is 4.79 Å². The van der Waals surface area contributed by atoms with Gasteiger partial charge in [0.05, 0.1) is 6.10 Å². The molecule has 2 atom stereocenters. The zero-order valence-corrected chi connectivity index (χ0v) is 11.5. The van der Waals surface area contributed by atoms with Gasteiger partial charge in [0.25, 0.3) is 0 Å². The Bertz CT molecular complexity index is 250. The Kier molecular flexibility index (Phi) is 7.74. The van der Waals surface area contributed by atoms with Crippen molar-refractivity contribution >= 4 is 5.97 Å². The lowest BCUT2D eigenvalue weighted by Crippen LogP contribution is -2.36. The highest BCUT2D eigenvalue weighted by molar-refractivity contribution is 5.81. The molecule has 1 aliphatic carbocycles. The summed E-state index contributed by atoms with van der Waals surface area (Å²) in [6.07, 6.45) is 10.3. The second-order valence-electron chi connectivity index (χ2n) is 4.93. The summed E-state index contributed by atoms with van der Waals surface area (Å²) in [4.78, 5) is 11.2. The number of hydrogen-bond donors (Lipinski definition) is 0. The van der Waals surface area contributed by atoms with Crippen LogP contribution in [0.5, 0.6) is 0 Å². The van der Waals surface area contributed by atoms with E-state index in [9.17, 15) is 4.79 Å². The second kappa shape index (κ2) is 9.15. The average molecular weight is 254 g/mol. The van der Waals surface area contributed by atoms with Crippen molar-refractivity contribution in [2.75, 3.05) is 6.61 Å². The highest BCUT2D eigenvalue weighted by Gasteiger charge is 2.28. The number of carbonyl (C=O) groups excluding carboxylic acids is 1.